The number of fused-ring (bicyclic) bond motifs is 2. The number of carbonyl (C=O) groups excluding carboxylic acids is 3. The number of aromatic nitrogens is 3. The number of hydrogen-bond acceptors (Lipinski definition) is 5. The third-order valence-corrected chi connectivity index (χ3v) is 7.40. The van der Waals surface area contributed by atoms with Crippen LogP contribution in [0.1, 0.15) is 49.4 Å². The van der Waals surface area contributed by atoms with E-state index in [0.717, 1.165) is 36.8 Å². The molecular weight excluding hydrogens is 408 g/mol. The molecular formula is C23H28N6O3. The summed E-state index contributed by atoms with van der Waals surface area (Å²) in [5.41, 5.74) is 1.46. The van der Waals surface area contributed by atoms with E-state index < -0.39 is 17.6 Å². The Morgan fingerprint density at radius 3 is 2.78 bits per heavy atom. The molecule has 2 fully saturated rings. The zero-order valence-electron chi connectivity index (χ0n) is 18.4. The lowest BCUT2D eigenvalue weighted by molar-refractivity contribution is -0.141. The number of carbonyl (C=O) groups is 3. The van der Waals surface area contributed by atoms with E-state index in [0.29, 0.717) is 18.0 Å². The summed E-state index contributed by atoms with van der Waals surface area (Å²) < 4.78 is 1.56. The van der Waals surface area contributed by atoms with E-state index in [4.69, 9.17) is 0 Å². The summed E-state index contributed by atoms with van der Waals surface area (Å²) in [4.78, 5) is 41.6. The van der Waals surface area contributed by atoms with Crippen molar-refractivity contribution >= 4 is 17.8 Å². The first kappa shape index (κ1) is 20.7. The molecule has 1 saturated carbocycles. The first-order valence-electron chi connectivity index (χ1n) is 11.3. The van der Waals surface area contributed by atoms with Crippen molar-refractivity contribution in [1.29, 1.82) is 0 Å². The highest BCUT2D eigenvalue weighted by Crippen LogP contribution is 2.44. The standard InChI is InChI=1S/C23H28N6O3/c1-14(15-7-5-8-15)19(20(30)24-12-17-13-28(2)27-26-17)29-21(31)23(25-22(29)32)11-10-16-6-3-4-9-18(16)23/h3-4,6,9,13-15,19H,5,7-8,10-12H2,1-2H3,(H,24,30)(H,25,32)/t14-,19?,23-/m0/s1. The summed E-state index contributed by atoms with van der Waals surface area (Å²) in [5.74, 6) is -0.470. The maximum atomic E-state index is 13.8. The molecule has 3 aliphatic rings. The van der Waals surface area contributed by atoms with Gasteiger partial charge in [-0.1, -0.05) is 55.7 Å². The Morgan fingerprint density at radius 2 is 2.09 bits per heavy atom. The summed E-state index contributed by atoms with van der Waals surface area (Å²) in [6, 6.07) is 6.37. The minimum atomic E-state index is -1.07. The van der Waals surface area contributed by atoms with E-state index in [2.05, 4.69) is 20.9 Å². The van der Waals surface area contributed by atoms with Crippen LogP contribution in [0.25, 0.3) is 0 Å². The molecule has 1 aliphatic heterocycles. The monoisotopic (exact) mass is 436 g/mol. The SMILES string of the molecule is C[C@@H](C1CCC1)C(C(=O)NCc1cn(C)nn1)N1C(=O)N[C@]2(CCc3ccccc32)C1=O. The van der Waals surface area contributed by atoms with Crippen molar-refractivity contribution in [3.63, 3.8) is 0 Å². The van der Waals surface area contributed by atoms with Crippen LogP contribution in [-0.2, 0) is 35.1 Å². The number of aryl methyl sites for hydroxylation is 2. The molecule has 0 bridgehead atoms. The second-order valence-corrected chi connectivity index (χ2v) is 9.26. The smallest absolute Gasteiger partial charge is 0.326 e. The van der Waals surface area contributed by atoms with E-state index in [1.54, 1.807) is 17.9 Å². The molecule has 0 radical (unpaired) electrons. The van der Waals surface area contributed by atoms with Crippen LogP contribution in [0.4, 0.5) is 4.79 Å². The number of nitrogens with zero attached hydrogens (tertiary/aromatic N) is 4. The maximum absolute atomic E-state index is 13.8. The van der Waals surface area contributed by atoms with Crippen molar-refractivity contribution < 1.29 is 14.4 Å². The summed E-state index contributed by atoms with van der Waals surface area (Å²) in [5, 5.41) is 13.7. The molecule has 168 valence electrons. The van der Waals surface area contributed by atoms with Crippen LogP contribution in [0.2, 0.25) is 0 Å². The van der Waals surface area contributed by atoms with Crippen LogP contribution in [0.5, 0.6) is 0 Å². The first-order valence-corrected chi connectivity index (χ1v) is 11.3. The molecule has 3 atom stereocenters. The van der Waals surface area contributed by atoms with E-state index in [9.17, 15) is 14.4 Å². The van der Waals surface area contributed by atoms with Crippen LogP contribution in [0.3, 0.4) is 0 Å². The van der Waals surface area contributed by atoms with Crippen molar-refractivity contribution in [3.05, 3.63) is 47.3 Å². The lowest BCUT2D eigenvalue weighted by Gasteiger charge is -2.38. The van der Waals surface area contributed by atoms with Gasteiger partial charge in [0.05, 0.1) is 6.54 Å². The Morgan fingerprint density at radius 1 is 1.31 bits per heavy atom. The molecule has 2 heterocycles. The third-order valence-electron chi connectivity index (χ3n) is 7.40. The number of rotatable bonds is 6. The molecule has 1 aromatic heterocycles. The zero-order valence-corrected chi connectivity index (χ0v) is 18.4. The highest BCUT2D eigenvalue weighted by Gasteiger charge is 2.58. The molecule has 1 aromatic carbocycles. The van der Waals surface area contributed by atoms with Gasteiger partial charge in [-0.3, -0.25) is 14.3 Å². The molecule has 2 N–H and O–H groups in total. The van der Waals surface area contributed by atoms with Gasteiger partial charge in [0.25, 0.3) is 5.91 Å². The van der Waals surface area contributed by atoms with Gasteiger partial charge in [-0.2, -0.15) is 0 Å². The van der Waals surface area contributed by atoms with E-state index in [-0.39, 0.29) is 24.3 Å². The summed E-state index contributed by atoms with van der Waals surface area (Å²) in [7, 11) is 1.76. The Labute approximate surface area is 186 Å². The van der Waals surface area contributed by atoms with Gasteiger partial charge in [0.1, 0.15) is 17.3 Å². The zero-order chi connectivity index (χ0) is 22.5. The average molecular weight is 437 g/mol. The average Bonchev–Trinajstić information content (AvgIpc) is 3.39. The third kappa shape index (κ3) is 3.18. The van der Waals surface area contributed by atoms with Crippen LogP contribution < -0.4 is 10.6 Å². The largest absolute Gasteiger partial charge is 0.348 e. The normalized spacial score (nSPS) is 24.2. The van der Waals surface area contributed by atoms with Gasteiger partial charge in [-0.25, -0.2) is 9.69 Å². The van der Waals surface area contributed by atoms with Crippen molar-refractivity contribution in [1.82, 2.24) is 30.5 Å². The molecule has 2 aliphatic carbocycles. The maximum Gasteiger partial charge on any atom is 0.326 e. The molecule has 1 unspecified atom stereocenters. The Kier molecular flexibility index (Phi) is 4.98. The number of hydrogen-bond donors (Lipinski definition) is 2. The van der Waals surface area contributed by atoms with Crippen molar-refractivity contribution in [2.24, 2.45) is 18.9 Å². The molecule has 1 saturated heterocycles. The molecule has 4 amide bonds. The van der Waals surface area contributed by atoms with E-state index >= 15 is 0 Å². The highest BCUT2D eigenvalue weighted by atomic mass is 16.2. The summed E-state index contributed by atoms with van der Waals surface area (Å²) in [6.07, 6.45) is 6.08. The lowest BCUT2D eigenvalue weighted by Crippen LogP contribution is -2.55. The topological polar surface area (TPSA) is 109 Å². The molecule has 2 aromatic rings. The second kappa shape index (κ2) is 7.72. The van der Waals surface area contributed by atoms with Crippen LogP contribution in [-0.4, -0.2) is 43.8 Å². The van der Waals surface area contributed by atoms with Gasteiger partial charge in [0, 0.05) is 13.2 Å². The van der Waals surface area contributed by atoms with Crippen LogP contribution in [0, 0.1) is 11.8 Å². The minimum absolute atomic E-state index is 0.132. The van der Waals surface area contributed by atoms with Crippen LogP contribution >= 0.6 is 0 Å². The number of nitrogens with one attached hydrogen (secondary N) is 2. The van der Waals surface area contributed by atoms with E-state index in [1.807, 2.05) is 31.2 Å². The van der Waals surface area contributed by atoms with Crippen LogP contribution in [0.15, 0.2) is 30.5 Å². The van der Waals surface area contributed by atoms with E-state index in [1.165, 1.54) is 4.90 Å². The predicted octanol–water partition coefficient (Wildman–Crippen LogP) is 1.63. The highest BCUT2D eigenvalue weighted by molar-refractivity contribution is 6.10. The van der Waals surface area contributed by atoms with Gasteiger partial charge >= 0.3 is 6.03 Å². The van der Waals surface area contributed by atoms with Gasteiger partial charge in [0.15, 0.2) is 0 Å². The van der Waals surface area contributed by atoms with Crippen molar-refractivity contribution in [3.8, 4) is 0 Å². The van der Waals surface area contributed by atoms with Crippen molar-refractivity contribution in [2.45, 2.75) is 57.2 Å². The predicted molar refractivity (Wildman–Crippen MR) is 115 cm³/mol. The molecule has 32 heavy (non-hydrogen) atoms. The second-order valence-electron chi connectivity index (χ2n) is 9.26. The van der Waals surface area contributed by atoms with Crippen molar-refractivity contribution in [2.75, 3.05) is 0 Å². The molecule has 9 heteroatoms. The fourth-order valence-corrected chi connectivity index (χ4v) is 5.38. The Balaban J connectivity index is 1.44. The molecule has 9 nitrogen and oxygen atoms in total. The number of imide groups is 1. The Bertz CT molecular complexity index is 1080. The first-order chi connectivity index (χ1) is 15.4. The number of amides is 4. The molecule has 5 rings (SSSR count). The lowest BCUT2D eigenvalue weighted by atomic mass is 9.73. The number of urea groups is 1. The number of benzene rings is 1. The fraction of sp³-hybridized carbons (Fsp3) is 0.522. The van der Waals surface area contributed by atoms with Gasteiger partial charge in [-0.05, 0) is 35.8 Å². The summed E-state index contributed by atoms with van der Waals surface area (Å²) in [6.45, 7) is 2.17. The quantitative estimate of drug-likeness (QED) is 0.669. The molecule has 1 spiro atoms. The van der Waals surface area contributed by atoms with Gasteiger partial charge < -0.3 is 10.6 Å². The van der Waals surface area contributed by atoms with Gasteiger partial charge in [-0.15, -0.1) is 5.10 Å². The Hall–Kier alpha value is -3.23. The fourth-order valence-electron chi connectivity index (χ4n) is 5.38. The minimum Gasteiger partial charge on any atom is -0.348 e. The van der Waals surface area contributed by atoms with Gasteiger partial charge in [0.2, 0.25) is 5.91 Å². The summed E-state index contributed by atoms with van der Waals surface area (Å²) >= 11 is 0.